The summed E-state index contributed by atoms with van der Waals surface area (Å²) in [4.78, 5) is 16.7. The Morgan fingerprint density at radius 2 is 2.08 bits per heavy atom. The summed E-state index contributed by atoms with van der Waals surface area (Å²) in [6.45, 7) is 4.80. The molecule has 6 heteroatoms. The minimum atomic E-state index is -1.12. The van der Waals surface area contributed by atoms with Crippen molar-refractivity contribution in [1.29, 1.82) is 0 Å². The Bertz CT molecular complexity index is 737. The molecule has 26 heavy (non-hydrogen) atoms. The molecule has 1 aromatic heterocycles. The van der Waals surface area contributed by atoms with Crippen molar-refractivity contribution in [1.82, 2.24) is 10.3 Å². The maximum absolute atomic E-state index is 12.5. The maximum Gasteiger partial charge on any atom is 0.320 e. The van der Waals surface area contributed by atoms with Crippen molar-refractivity contribution >= 4 is 11.8 Å². The number of urea groups is 1. The van der Waals surface area contributed by atoms with Crippen molar-refractivity contribution in [2.75, 3.05) is 18.5 Å². The summed E-state index contributed by atoms with van der Waals surface area (Å²) in [5.74, 6) is 0.824. The van der Waals surface area contributed by atoms with Crippen molar-refractivity contribution in [3.63, 3.8) is 0 Å². The molecule has 0 bridgehead atoms. The Balaban J connectivity index is 1.70. The SMILES string of the molecule is CC(C)(O)C(NC(=O)Nc1cc(C2CCOC2)ccn1)c1ccccc1. The number of aliphatic hydroxyl groups is 1. The molecule has 2 unspecified atom stereocenters. The molecule has 3 N–H and O–H groups in total. The van der Waals surface area contributed by atoms with Gasteiger partial charge in [0, 0.05) is 18.7 Å². The van der Waals surface area contributed by atoms with Gasteiger partial charge in [0.25, 0.3) is 0 Å². The van der Waals surface area contributed by atoms with Crippen LogP contribution in [0.3, 0.4) is 0 Å². The molecule has 0 radical (unpaired) electrons. The lowest BCUT2D eigenvalue weighted by Gasteiger charge is -2.30. The zero-order chi connectivity index (χ0) is 18.6. The molecule has 2 amide bonds. The average molecular weight is 355 g/mol. The minimum Gasteiger partial charge on any atom is -0.388 e. The van der Waals surface area contributed by atoms with Crippen molar-refractivity contribution in [3.05, 3.63) is 59.8 Å². The number of amides is 2. The normalized spacial score (nSPS) is 18.3. The number of carbonyl (C=O) groups excluding carboxylic acids is 1. The van der Waals surface area contributed by atoms with Crippen LogP contribution in [0.25, 0.3) is 0 Å². The Hall–Kier alpha value is -2.44. The molecule has 1 aromatic carbocycles. The number of nitrogens with one attached hydrogen (secondary N) is 2. The second-order valence-corrected chi connectivity index (χ2v) is 7.13. The third-order valence-corrected chi connectivity index (χ3v) is 4.54. The fourth-order valence-electron chi connectivity index (χ4n) is 3.16. The Morgan fingerprint density at radius 1 is 1.31 bits per heavy atom. The van der Waals surface area contributed by atoms with Gasteiger partial charge in [0.2, 0.25) is 0 Å². The first-order chi connectivity index (χ1) is 12.4. The average Bonchev–Trinajstić information content (AvgIpc) is 3.14. The molecule has 3 rings (SSSR count). The highest BCUT2D eigenvalue weighted by Crippen LogP contribution is 2.27. The molecule has 2 heterocycles. The number of hydrogen-bond donors (Lipinski definition) is 3. The van der Waals surface area contributed by atoms with E-state index in [0.29, 0.717) is 18.3 Å². The lowest BCUT2D eigenvalue weighted by Crippen LogP contribution is -2.43. The van der Waals surface area contributed by atoms with E-state index in [1.165, 1.54) is 0 Å². The monoisotopic (exact) mass is 355 g/mol. The lowest BCUT2D eigenvalue weighted by atomic mass is 9.92. The van der Waals surface area contributed by atoms with Crippen molar-refractivity contribution in [2.45, 2.75) is 37.8 Å². The van der Waals surface area contributed by atoms with Gasteiger partial charge < -0.3 is 15.2 Å². The third-order valence-electron chi connectivity index (χ3n) is 4.54. The summed E-state index contributed by atoms with van der Waals surface area (Å²) in [5.41, 5.74) is 0.824. The summed E-state index contributed by atoms with van der Waals surface area (Å²) in [6, 6.07) is 12.3. The molecule has 1 fully saturated rings. The van der Waals surface area contributed by atoms with Crippen LogP contribution in [0, 0.1) is 0 Å². The number of hydrogen-bond acceptors (Lipinski definition) is 4. The van der Waals surface area contributed by atoms with Gasteiger partial charge in [0.05, 0.1) is 18.2 Å². The van der Waals surface area contributed by atoms with E-state index in [-0.39, 0.29) is 0 Å². The molecule has 0 aliphatic carbocycles. The summed E-state index contributed by atoms with van der Waals surface area (Å²) >= 11 is 0. The molecule has 0 saturated carbocycles. The van der Waals surface area contributed by atoms with E-state index in [1.807, 2.05) is 42.5 Å². The van der Waals surface area contributed by atoms with E-state index < -0.39 is 17.7 Å². The molecule has 1 aliphatic heterocycles. The molecule has 138 valence electrons. The van der Waals surface area contributed by atoms with Crippen LogP contribution < -0.4 is 10.6 Å². The van der Waals surface area contributed by atoms with Crippen LogP contribution in [0.4, 0.5) is 10.6 Å². The Labute approximate surface area is 153 Å². The standard InChI is InChI=1S/C20H25N3O3/c1-20(2,25)18(14-6-4-3-5-7-14)23-19(24)22-17-12-15(8-10-21-17)16-9-11-26-13-16/h3-8,10,12,16,18,25H,9,11,13H2,1-2H3,(H2,21,22,23,24). The van der Waals surface area contributed by atoms with Gasteiger partial charge in [-0.15, -0.1) is 0 Å². The van der Waals surface area contributed by atoms with Crippen molar-refractivity contribution < 1.29 is 14.6 Å². The number of ether oxygens (including phenoxy) is 1. The highest BCUT2D eigenvalue weighted by Gasteiger charge is 2.30. The number of nitrogens with zero attached hydrogens (tertiary/aromatic N) is 1. The predicted octanol–water partition coefficient (Wildman–Crippen LogP) is 3.22. The number of aromatic nitrogens is 1. The highest BCUT2D eigenvalue weighted by molar-refractivity contribution is 5.88. The first-order valence-electron chi connectivity index (χ1n) is 8.82. The van der Waals surface area contributed by atoms with E-state index >= 15 is 0 Å². The second-order valence-electron chi connectivity index (χ2n) is 7.13. The summed E-state index contributed by atoms with van der Waals surface area (Å²) in [5, 5.41) is 16.1. The number of pyridine rings is 1. The van der Waals surface area contributed by atoms with Gasteiger partial charge in [-0.25, -0.2) is 9.78 Å². The first-order valence-corrected chi connectivity index (χ1v) is 8.82. The molecule has 0 spiro atoms. The molecule has 6 nitrogen and oxygen atoms in total. The van der Waals surface area contributed by atoms with Crippen molar-refractivity contribution in [3.8, 4) is 0 Å². The van der Waals surface area contributed by atoms with Crippen LogP contribution in [0.1, 0.15) is 43.4 Å². The van der Waals surface area contributed by atoms with Crippen molar-refractivity contribution in [2.24, 2.45) is 0 Å². The van der Waals surface area contributed by atoms with Gasteiger partial charge in [-0.2, -0.15) is 0 Å². The Kier molecular flexibility index (Phi) is 5.54. The largest absolute Gasteiger partial charge is 0.388 e. The van der Waals surface area contributed by atoms with Gasteiger partial charge in [-0.3, -0.25) is 5.32 Å². The van der Waals surface area contributed by atoms with Crippen LogP contribution >= 0.6 is 0 Å². The summed E-state index contributed by atoms with van der Waals surface area (Å²) in [6.07, 6.45) is 2.67. The maximum atomic E-state index is 12.5. The topological polar surface area (TPSA) is 83.5 Å². The summed E-state index contributed by atoms with van der Waals surface area (Å²) < 4.78 is 5.42. The third kappa shape index (κ3) is 4.59. The van der Waals surface area contributed by atoms with Crippen LogP contribution in [-0.2, 0) is 4.74 Å². The number of rotatable bonds is 5. The van der Waals surface area contributed by atoms with Crippen LogP contribution in [0.5, 0.6) is 0 Å². The highest BCUT2D eigenvalue weighted by atomic mass is 16.5. The van der Waals surface area contributed by atoms with Gasteiger partial charge in [0.1, 0.15) is 5.82 Å². The van der Waals surface area contributed by atoms with Gasteiger partial charge in [0.15, 0.2) is 0 Å². The van der Waals surface area contributed by atoms with E-state index in [1.54, 1.807) is 20.0 Å². The molecule has 1 aliphatic rings. The molecule has 2 atom stereocenters. The second kappa shape index (κ2) is 7.85. The molecule has 1 saturated heterocycles. The molecular weight excluding hydrogens is 330 g/mol. The predicted molar refractivity (Wildman–Crippen MR) is 100 cm³/mol. The zero-order valence-corrected chi connectivity index (χ0v) is 15.1. The smallest absolute Gasteiger partial charge is 0.320 e. The fourth-order valence-corrected chi connectivity index (χ4v) is 3.16. The quantitative estimate of drug-likeness (QED) is 0.769. The lowest BCUT2D eigenvalue weighted by molar-refractivity contribution is 0.0415. The van der Waals surface area contributed by atoms with Crippen LogP contribution in [0.15, 0.2) is 48.7 Å². The van der Waals surface area contributed by atoms with E-state index in [2.05, 4.69) is 15.6 Å². The van der Waals surface area contributed by atoms with E-state index in [4.69, 9.17) is 4.74 Å². The van der Waals surface area contributed by atoms with E-state index in [0.717, 1.165) is 24.2 Å². The van der Waals surface area contributed by atoms with E-state index in [9.17, 15) is 9.90 Å². The van der Waals surface area contributed by atoms with Crippen LogP contribution in [-0.4, -0.2) is 34.9 Å². The fraction of sp³-hybridized carbons (Fsp3) is 0.400. The zero-order valence-electron chi connectivity index (χ0n) is 15.1. The summed E-state index contributed by atoms with van der Waals surface area (Å²) in [7, 11) is 0. The van der Waals surface area contributed by atoms with Gasteiger partial charge in [-0.05, 0) is 43.5 Å². The van der Waals surface area contributed by atoms with Gasteiger partial charge in [-0.1, -0.05) is 30.3 Å². The number of carbonyl (C=O) groups is 1. The first kappa shape index (κ1) is 18.4. The Morgan fingerprint density at radius 3 is 2.73 bits per heavy atom. The number of benzene rings is 1. The van der Waals surface area contributed by atoms with Crippen LogP contribution in [0.2, 0.25) is 0 Å². The molecular formula is C20H25N3O3. The molecule has 2 aromatic rings. The number of anilines is 1. The van der Waals surface area contributed by atoms with Gasteiger partial charge >= 0.3 is 6.03 Å². The minimum absolute atomic E-state index is 0.343.